The Labute approximate surface area is 103 Å². The van der Waals surface area contributed by atoms with Crippen molar-refractivity contribution in [3.63, 3.8) is 0 Å². The van der Waals surface area contributed by atoms with E-state index < -0.39 is 0 Å². The van der Waals surface area contributed by atoms with Crippen molar-refractivity contribution in [2.24, 2.45) is 0 Å². The van der Waals surface area contributed by atoms with E-state index in [0.29, 0.717) is 17.7 Å². The molecule has 0 amide bonds. The highest BCUT2D eigenvalue weighted by Crippen LogP contribution is 2.21. The summed E-state index contributed by atoms with van der Waals surface area (Å²) in [6.45, 7) is 0.817. The van der Waals surface area contributed by atoms with Crippen LogP contribution in [0, 0.1) is 0 Å². The molecule has 0 aliphatic rings. The minimum atomic E-state index is 0.532. The van der Waals surface area contributed by atoms with Gasteiger partial charge < -0.3 is 10.1 Å². The van der Waals surface area contributed by atoms with E-state index >= 15 is 0 Å². The van der Waals surface area contributed by atoms with Gasteiger partial charge >= 0.3 is 0 Å². The molecule has 1 N–H and O–H groups in total. The third kappa shape index (κ3) is 4.22. The fraction of sp³-hybridized carbons (Fsp3) is 0.556. The smallest absolute Gasteiger partial charge is 0.232 e. The Balaban J connectivity index is 2.47. The summed E-state index contributed by atoms with van der Waals surface area (Å²) in [7, 11) is 1.57. The van der Waals surface area contributed by atoms with Crippen LogP contribution in [0.15, 0.2) is 10.7 Å². The van der Waals surface area contributed by atoms with Crippen LogP contribution in [0.1, 0.15) is 12.8 Å². The zero-order chi connectivity index (χ0) is 11.1. The second-order valence-corrected chi connectivity index (χ2v) is 4.11. The number of rotatable bonds is 6. The summed E-state index contributed by atoms with van der Waals surface area (Å²) in [5.41, 5.74) is 0. The Hall–Kier alpha value is -0.550. The van der Waals surface area contributed by atoms with Gasteiger partial charge in [-0.05, 0) is 28.8 Å². The summed E-state index contributed by atoms with van der Waals surface area (Å²) in [5, 5.41) is 3.10. The molecular weight excluding hydrogens is 281 g/mol. The topological polar surface area (TPSA) is 47.0 Å². The maximum absolute atomic E-state index is 5.57. The van der Waals surface area contributed by atoms with Crippen molar-refractivity contribution in [1.82, 2.24) is 9.97 Å². The van der Waals surface area contributed by atoms with Gasteiger partial charge in [-0.1, -0.05) is 0 Å². The van der Waals surface area contributed by atoms with Crippen molar-refractivity contribution in [3.05, 3.63) is 10.7 Å². The monoisotopic (exact) mass is 293 g/mol. The van der Waals surface area contributed by atoms with E-state index in [0.717, 1.165) is 23.9 Å². The number of aromatic nitrogens is 2. The van der Waals surface area contributed by atoms with Crippen molar-refractivity contribution >= 4 is 33.5 Å². The number of nitrogens with one attached hydrogen (secondary N) is 1. The average molecular weight is 295 g/mol. The molecule has 6 heteroatoms. The minimum absolute atomic E-state index is 0.532. The maximum Gasteiger partial charge on any atom is 0.232 e. The Kier molecular flexibility index (Phi) is 5.71. The van der Waals surface area contributed by atoms with Gasteiger partial charge in [0.15, 0.2) is 0 Å². The number of unbranched alkanes of at least 4 members (excludes halogenated alkanes) is 1. The summed E-state index contributed by atoms with van der Waals surface area (Å²) in [4.78, 5) is 8.27. The summed E-state index contributed by atoms with van der Waals surface area (Å²) in [6, 6.07) is 0. The molecule has 0 radical (unpaired) electrons. The van der Waals surface area contributed by atoms with Gasteiger partial charge in [0, 0.05) is 12.4 Å². The Morgan fingerprint density at radius 3 is 3.00 bits per heavy atom. The first-order valence-electron chi connectivity index (χ1n) is 4.64. The number of nitrogens with zero attached hydrogens (tertiary/aromatic N) is 2. The predicted octanol–water partition coefficient (Wildman–Crippen LogP) is 2.68. The lowest BCUT2D eigenvalue weighted by molar-refractivity contribution is 0.394. The van der Waals surface area contributed by atoms with Crippen LogP contribution in [0.25, 0.3) is 0 Å². The van der Waals surface area contributed by atoms with Crippen LogP contribution in [0.4, 0.5) is 5.95 Å². The normalized spacial score (nSPS) is 10.1. The first-order valence-corrected chi connectivity index (χ1v) is 5.97. The number of methoxy groups -OCH3 is 1. The maximum atomic E-state index is 5.57. The van der Waals surface area contributed by atoms with Crippen LogP contribution >= 0.6 is 27.5 Å². The Morgan fingerprint density at radius 2 is 2.33 bits per heavy atom. The Bertz CT molecular complexity index is 311. The Morgan fingerprint density at radius 1 is 1.53 bits per heavy atom. The second-order valence-electron chi connectivity index (χ2n) is 2.87. The van der Waals surface area contributed by atoms with Gasteiger partial charge in [-0.2, -0.15) is 4.98 Å². The van der Waals surface area contributed by atoms with Crippen LogP contribution in [0.3, 0.4) is 0 Å². The van der Waals surface area contributed by atoms with Crippen LogP contribution in [0.2, 0.25) is 0 Å². The van der Waals surface area contributed by atoms with E-state index in [1.54, 1.807) is 13.3 Å². The number of halogens is 2. The molecule has 0 spiro atoms. The number of anilines is 1. The van der Waals surface area contributed by atoms with Gasteiger partial charge in [-0.3, -0.25) is 0 Å². The third-order valence-electron chi connectivity index (χ3n) is 1.75. The van der Waals surface area contributed by atoms with Gasteiger partial charge in [0.1, 0.15) is 0 Å². The van der Waals surface area contributed by atoms with E-state index in [1.165, 1.54) is 0 Å². The summed E-state index contributed by atoms with van der Waals surface area (Å²) < 4.78 is 5.80. The van der Waals surface area contributed by atoms with E-state index in [4.69, 9.17) is 16.3 Å². The van der Waals surface area contributed by atoms with Crippen LogP contribution in [-0.2, 0) is 0 Å². The van der Waals surface area contributed by atoms with E-state index in [9.17, 15) is 0 Å². The molecule has 15 heavy (non-hydrogen) atoms. The molecular formula is C9H13BrClN3O. The van der Waals surface area contributed by atoms with Crippen LogP contribution in [-0.4, -0.2) is 29.5 Å². The van der Waals surface area contributed by atoms with Gasteiger partial charge in [-0.25, -0.2) is 4.98 Å². The molecule has 1 rings (SSSR count). The summed E-state index contributed by atoms with van der Waals surface area (Å²) in [5.74, 6) is 1.79. The molecule has 0 bridgehead atoms. The molecule has 0 saturated carbocycles. The SMILES string of the molecule is COc1nc(NCCCCCl)ncc1Br. The lowest BCUT2D eigenvalue weighted by Gasteiger charge is -2.06. The predicted molar refractivity (Wildman–Crippen MR) is 64.7 cm³/mol. The zero-order valence-corrected chi connectivity index (χ0v) is 10.8. The summed E-state index contributed by atoms with van der Waals surface area (Å²) in [6.07, 6.45) is 3.66. The van der Waals surface area contributed by atoms with Crippen LogP contribution in [0.5, 0.6) is 5.88 Å². The molecule has 0 aromatic carbocycles. The second kappa shape index (κ2) is 6.85. The zero-order valence-electron chi connectivity index (χ0n) is 8.46. The molecule has 1 aromatic rings. The molecule has 84 valence electrons. The molecule has 0 aliphatic carbocycles. The molecule has 0 fully saturated rings. The van der Waals surface area contributed by atoms with E-state index in [2.05, 4.69) is 31.2 Å². The lowest BCUT2D eigenvalue weighted by Crippen LogP contribution is -2.06. The highest BCUT2D eigenvalue weighted by molar-refractivity contribution is 9.10. The number of hydrogen-bond acceptors (Lipinski definition) is 4. The van der Waals surface area contributed by atoms with Crippen molar-refractivity contribution < 1.29 is 4.74 Å². The first-order chi connectivity index (χ1) is 7.27. The minimum Gasteiger partial charge on any atom is -0.480 e. The first kappa shape index (κ1) is 12.5. The molecule has 0 aliphatic heterocycles. The van der Waals surface area contributed by atoms with Crippen molar-refractivity contribution in [3.8, 4) is 5.88 Å². The standard InChI is InChI=1S/C9H13BrClN3O/c1-15-8-7(10)6-13-9(14-8)12-5-3-2-4-11/h6H,2-5H2,1H3,(H,12,13,14). The molecule has 0 atom stereocenters. The van der Waals surface area contributed by atoms with Gasteiger partial charge in [0.05, 0.1) is 17.8 Å². The quantitative estimate of drug-likeness (QED) is 0.647. The van der Waals surface area contributed by atoms with Crippen molar-refractivity contribution in [1.29, 1.82) is 0 Å². The largest absolute Gasteiger partial charge is 0.480 e. The molecule has 4 nitrogen and oxygen atoms in total. The van der Waals surface area contributed by atoms with E-state index in [-0.39, 0.29) is 0 Å². The highest BCUT2D eigenvalue weighted by Gasteiger charge is 2.03. The van der Waals surface area contributed by atoms with Crippen molar-refractivity contribution in [2.75, 3.05) is 24.9 Å². The number of ether oxygens (including phenoxy) is 1. The molecule has 0 saturated heterocycles. The van der Waals surface area contributed by atoms with Crippen LogP contribution < -0.4 is 10.1 Å². The summed E-state index contributed by atoms with van der Waals surface area (Å²) >= 11 is 8.85. The highest BCUT2D eigenvalue weighted by atomic mass is 79.9. The fourth-order valence-electron chi connectivity index (χ4n) is 0.999. The molecule has 0 unspecified atom stereocenters. The average Bonchev–Trinajstić information content (AvgIpc) is 2.26. The van der Waals surface area contributed by atoms with Crippen molar-refractivity contribution in [2.45, 2.75) is 12.8 Å². The van der Waals surface area contributed by atoms with Gasteiger partial charge in [0.25, 0.3) is 0 Å². The van der Waals surface area contributed by atoms with Gasteiger partial charge in [0.2, 0.25) is 11.8 Å². The third-order valence-corrected chi connectivity index (χ3v) is 2.56. The number of hydrogen-bond donors (Lipinski definition) is 1. The molecule has 1 heterocycles. The molecule has 1 aromatic heterocycles. The van der Waals surface area contributed by atoms with Gasteiger partial charge in [-0.15, -0.1) is 11.6 Å². The fourth-order valence-corrected chi connectivity index (χ4v) is 1.54. The van der Waals surface area contributed by atoms with E-state index in [1.807, 2.05) is 0 Å². The lowest BCUT2D eigenvalue weighted by atomic mass is 10.3. The number of alkyl halides is 1.